The van der Waals surface area contributed by atoms with E-state index in [1.165, 1.54) is 43.1 Å². The van der Waals surface area contributed by atoms with Gasteiger partial charge in [0.25, 0.3) is 0 Å². The molecular formula is C24H28O5S. The van der Waals surface area contributed by atoms with Crippen LogP contribution in [0.1, 0.15) is 56.6 Å². The van der Waals surface area contributed by atoms with Crippen LogP contribution in [0.3, 0.4) is 0 Å². The zero-order valence-electron chi connectivity index (χ0n) is 17.4. The summed E-state index contributed by atoms with van der Waals surface area (Å²) in [5.74, 6) is 0.347. The van der Waals surface area contributed by atoms with Gasteiger partial charge in [0, 0.05) is 23.1 Å². The second-order valence-corrected chi connectivity index (χ2v) is 8.11. The third-order valence-corrected chi connectivity index (χ3v) is 5.62. The molecular weight excluding hydrogens is 400 g/mol. The van der Waals surface area contributed by atoms with Crippen LogP contribution >= 0.6 is 11.3 Å². The first-order valence-corrected chi connectivity index (χ1v) is 11.5. The van der Waals surface area contributed by atoms with E-state index >= 15 is 0 Å². The average Bonchev–Trinajstić information content (AvgIpc) is 3.24. The Labute approximate surface area is 180 Å². The highest BCUT2D eigenvalue weighted by Crippen LogP contribution is 2.24. The normalized spacial score (nSPS) is 11.0. The Morgan fingerprint density at radius 2 is 1.90 bits per heavy atom. The Kier molecular flexibility index (Phi) is 8.51. The fraction of sp³-hybridized carbons (Fsp3) is 0.417. The van der Waals surface area contributed by atoms with Crippen molar-refractivity contribution in [2.75, 3.05) is 6.61 Å². The van der Waals surface area contributed by atoms with E-state index in [9.17, 15) is 9.59 Å². The van der Waals surface area contributed by atoms with Crippen LogP contribution in [0.4, 0.5) is 0 Å². The van der Waals surface area contributed by atoms with Gasteiger partial charge >= 0.3 is 11.6 Å². The molecule has 0 atom stereocenters. The topological polar surface area (TPSA) is 65.7 Å². The van der Waals surface area contributed by atoms with Gasteiger partial charge in [-0.2, -0.15) is 11.3 Å². The number of fused-ring (bicyclic) bond motifs is 1. The number of thiophene rings is 1. The van der Waals surface area contributed by atoms with E-state index in [1.807, 2.05) is 29.0 Å². The molecule has 5 nitrogen and oxygen atoms in total. The fourth-order valence-corrected chi connectivity index (χ4v) is 3.93. The van der Waals surface area contributed by atoms with Gasteiger partial charge in [-0.25, -0.2) is 4.79 Å². The van der Waals surface area contributed by atoms with Crippen molar-refractivity contribution in [3.8, 4) is 5.75 Å². The first kappa shape index (κ1) is 22.1. The quantitative estimate of drug-likeness (QED) is 0.205. The van der Waals surface area contributed by atoms with Crippen LogP contribution in [-0.2, 0) is 22.6 Å². The summed E-state index contributed by atoms with van der Waals surface area (Å²) in [7, 11) is 0. The molecule has 2 aromatic heterocycles. The maximum absolute atomic E-state index is 12.0. The lowest BCUT2D eigenvalue weighted by Gasteiger charge is -2.09. The molecule has 3 rings (SSSR count). The molecule has 0 fully saturated rings. The van der Waals surface area contributed by atoms with Crippen LogP contribution in [-0.4, -0.2) is 12.6 Å². The van der Waals surface area contributed by atoms with Crippen molar-refractivity contribution in [2.45, 2.75) is 58.5 Å². The van der Waals surface area contributed by atoms with Crippen LogP contribution < -0.4 is 10.4 Å². The van der Waals surface area contributed by atoms with Crippen LogP contribution in [0.2, 0.25) is 0 Å². The first-order chi connectivity index (χ1) is 14.7. The van der Waals surface area contributed by atoms with Crippen molar-refractivity contribution in [1.82, 2.24) is 0 Å². The van der Waals surface area contributed by atoms with Gasteiger partial charge in [0.2, 0.25) is 0 Å². The molecule has 0 amide bonds. The smallest absolute Gasteiger partial charge is 0.336 e. The highest BCUT2D eigenvalue weighted by Gasteiger charge is 2.11. The van der Waals surface area contributed by atoms with Gasteiger partial charge in [-0.15, -0.1) is 0 Å². The Morgan fingerprint density at radius 1 is 1.07 bits per heavy atom. The zero-order valence-corrected chi connectivity index (χ0v) is 18.2. The molecule has 0 aliphatic rings. The number of hydrogen-bond acceptors (Lipinski definition) is 6. The van der Waals surface area contributed by atoms with Gasteiger partial charge in [-0.3, -0.25) is 4.79 Å². The third kappa shape index (κ3) is 6.73. The largest absolute Gasteiger partial charge is 0.493 e. The van der Waals surface area contributed by atoms with E-state index in [0.29, 0.717) is 23.5 Å². The summed E-state index contributed by atoms with van der Waals surface area (Å²) in [6, 6.07) is 8.69. The summed E-state index contributed by atoms with van der Waals surface area (Å²) >= 11 is 1.54. The fourth-order valence-electron chi connectivity index (χ4n) is 3.26. The molecule has 0 aliphatic heterocycles. The minimum atomic E-state index is -0.473. The Balaban J connectivity index is 1.57. The lowest BCUT2D eigenvalue weighted by molar-refractivity contribution is -0.144. The van der Waals surface area contributed by atoms with Crippen LogP contribution in [0.5, 0.6) is 5.75 Å². The predicted molar refractivity (Wildman–Crippen MR) is 119 cm³/mol. The second kappa shape index (κ2) is 11.6. The predicted octanol–water partition coefficient (Wildman–Crippen LogP) is 5.88. The number of hydrogen-bond donors (Lipinski definition) is 0. The van der Waals surface area contributed by atoms with E-state index in [4.69, 9.17) is 13.9 Å². The SMILES string of the molecule is CCCCCCCCOc1ccc2c(COC(=O)Cc3ccsc3)cc(=O)oc2c1. The van der Waals surface area contributed by atoms with E-state index in [0.717, 1.165) is 23.8 Å². The maximum atomic E-state index is 12.0. The number of carbonyl (C=O) groups is 1. The Morgan fingerprint density at radius 3 is 2.70 bits per heavy atom. The van der Waals surface area contributed by atoms with Crippen molar-refractivity contribution < 1.29 is 18.7 Å². The number of benzene rings is 1. The molecule has 0 N–H and O–H groups in total. The monoisotopic (exact) mass is 428 g/mol. The molecule has 0 unspecified atom stereocenters. The van der Waals surface area contributed by atoms with Crippen molar-refractivity contribution >= 4 is 28.3 Å². The minimum absolute atomic E-state index is 0.0308. The Bertz CT molecular complexity index is 990. The van der Waals surface area contributed by atoms with Gasteiger partial charge in [0.05, 0.1) is 13.0 Å². The molecule has 160 valence electrons. The van der Waals surface area contributed by atoms with E-state index in [-0.39, 0.29) is 19.0 Å². The first-order valence-electron chi connectivity index (χ1n) is 10.5. The molecule has 0 saturated carbocycles. The molecule has 30 heavy (non-hydrogen) atoms. The standard InChI is InChI=1S/C24H28O5S/c1-2-3-4-5-6-7-11-27-20-8-9-21-19(14-24(26)29-22(21)15-20)16-28-23(25)13-18-10-12-30-17-18/h8-10,12,14-15,17H,2-7,11,13,16H2,1H3. The summed E-state index contributed by atoms with van der Waals surface area (Å²) < 4.78 is 16.5. The van der Waals surface area contributed by atoms with Gasteiger partial charge in [0.15, 0.2) is 0 Å². The number of rotatable bonds is 12. The average molecular weight is 429 g/mol. The molecule has 1 aromatic carbocycles. The highest BCUT2D eigenvalue weighted by molar-refractivity contribution is 7.08. The van der Waals surface area contributed by atoms with Crippen LogP contribution in [0, 0.1) is 0 Å². The summed E-state index contributed by atoms with van der Waals surface area (Å²) in [6.07, 6.45) is 7.43. The Hall–Kier alpha value is -2.60. The van der Waals surface area contributed by atoms with Crippen LogP contribution in [0.15, 0.2) is 50.3 Å². The van der Waals surface area contributed by atoms with Gasteiger partial charge in [-0.1, -0.05) is 39.0 Å². The molecule has 0 saturated heterocycles. The number of unbranched alkanes of at least 4 members (excludes halogenated alkanes) is 5. The molecule has 0 aliphatic carbocycles. The summed E-state index contributed by atoms with van der Waals surface area (Å²) in [4.78, 5) is 24.0. The number of carbonyl (C=O) groups excluding carboxylic acids is 1. The third-order valence-electron chi connectivity index (χ3n) is 4.89. The molecule has 6 heteroatoms. The van der Waals surface area contributed by atoms with E-state index < -0.39 is 5.63 Å². The minimum Gasteiger partial charge on any atom is -0.493 e. The lowest BCUT2D eigenvalue weighted by atomic mass is 10.1. The molecule has 3 aromatic rings. The summed E-state index contributed by atoms with van der Waals surface area (Å²) in [6.45, 7) is 2.88. The van der Waals surface area contributed by atoms with Crippen LogP contribution in [0.25, 0.3) is 11.0 Å². The number of ether oxygens (including phenoxy) is 2. The van der Waals surface area contributed by atoms with Crippen molar-refractivity contribution in [3.05, 3.63) is 62.6 Å². The van der Waals surface area contributed by atoms with E-state index in [2.05, 4.69) is 6.92 Å². The maximum Gasteiger partial charge on any atom is 0.336 e. The summed E-state index contributed by atoms with van der Waals surface area (Å²) in [5.41, 5.74) is 1.52. The molecule has 2 heterocycles. The lowest BCUT2D eigenvalue weighted by Crippen LogP contribution is -2.09. The summed E-state index contributed by atoms with van der Waals surface area (Å²) in [5, 5.41) is 4.58. The van der Waals surface area contributed by atoms with Gasteiger partial charge < -0.3 is 13.9 Å². The van der Waals surface area contributed by atoms with Crippen molar-refractivity contribution in [2.24, 2.45) is 0 Å². The van der Waals surface area contributed by atoms with Crippen molar-refractivity contribution in [1.29, 1.82) is 0 Å². The van der Waals surface area contributed by atoms with Gasteiger partial charge in [-0.05, 0) is 40.9 Å². The number of esters is 1. The molecule has 0 radical (unpaired) electrons. The second-order valence-electron chi connectivity index (χ2n) is 7.33. The zero-order chi connectivity index (χ0) is 21.2. The molecule has 0 spiro atoms. The van der Waals surface area contributed by atoms with E-state index in [1.54, 1.807) is 6.07 Å². The molecule has 0 bridgehead atoms. The van der Waals surface area contributed by atoms with Crippen molar-refractivity contribution in [3.63, 3.8) is 0 Å². The van der Waals surface area contributed by atoms with Gasteiger partial charge in [0.1, 0.15) is 17.9 Å². The highest BCUT2D eigenvalue weighted by atomic mass is 32.1.